The van der Waals surface area contributed by atoms with Gasteiger partial charge >= 0.3 is 83.2 Å². The van der Waals surface area contributed by atoms with E-state index in [2.05, 4.69) is 9.47 Å². The Kier molecular flexibility index (Phi) is 48.2. The van der Waals surface area contributed by atoms with Crippen LogP contribution in [0.5, 0.6) is 0 Å². The van der Waals surface area contributed by atoms with Crippen LogP contribution in [0.25, 0.3) is 0 Å². The van der Waals surface area contributed by atoms with Gasteiger partial charge in [-0.15, -0.1) is 0 Å². The topological polar surface area (TPSA) is 222 Å². The molecule has 0 aromatic carbocycles. The Hall–Kier alpha value is -3.22. The molecule has 0 amide bonds. The molecule has 1 N–H and O–H groups in total. The van der Waals surface area contributed by atoms with Crippen LogP contribution in [0.4, 0.5) is 119 Å². The number of esters is 1. The van der Waals surface area contributed by atoms with Gasteiger partial charge in [-0.2, -0.15) is 119 Å². The van der Waals surface area contributed by atoms with E-state index in [4.69, 9.17) is 90.4 Å². The van der Waals surface area contributed by atoms with Crippen LogP contribution in [0.1, 0.15) is 0 Å². The van der Waals surface area contributed by atoms with E-state index in [1.807, 2.05) is 0 Å². The number of carbonyl (C=O) groups excluding carboxylic acids is 1. The molecule has 103 heavy (non-hydrogen) atoms. The van der Waals surface area contributed by atoms with Crippen LogP contribution < -0.4 is 0 Å². The quantitative estimate of drug-likeness (QED) is 0.0346. The number of aliphatic hydroxyl groups is 1. The molecule has 0 bridgehead atoms. The Bertz CT molecular complexity index is 2150. The van der Waals surface area contributed by atoms with Crippen LogP contribution in [0.15, 0.2) is 0 Å². The molecule has 0 aromatic rings. The maximum absolute atomic E-state index is 14.2. The molecule has 0 aliphatic rings. The molecule has 0 heterocycles. The Balaban J connectivity index is 3.99. The first kappa shape index (κ1) is 99.8. The number of alkyl halides is 27. The van der Waals surface area contributed by atoms with Gasteiger partial charge in [0.1, 0.15) is 6.61 Å². The first-order chi connectivity index (χ1) is 48.0. The predicted octanol–water partition coefficient (Wildman–Crippen LogP) is 8.02. The third-order valence-corrected chi connectivity index (χ3v) is 12.3. The maximum atomic E-state index is 14.2. The van der Waals surface area contributed by atoms with E-state index in [1.165, 1.54) is 0 Å². The van der Waals surface area contributed by atoms with E-state index in [0.717, 1.165) is 0 Å². The third-order valence-electron chi connectivity index (χ3n) is 12.3. The lowest BCUT2D eigenvalue weighted by Gasteiger charge is -2.45. The fourth-order valence-corrected chi connectivity index (χ4v) is 6.69. The smallest absolute Gasteiger partial charge is 0.459 e. The Morgan fingerprint density at radius 3 is 0.427 bits per heavy atom. The van der Waals surface area contributed by atoms with Crippen molar-refractivity contribution < 1.29 is 223 Å². The minimum absolute atomic E-state index is 0.0133. The largest absolute Gasteiger partial charge is 0.460 e. The van der Waals surface area contributed by atoms with Crippen molar-refractivity contribution in [3.63, 3.8) is 0 Å². The molecule has 0 atom stereocenters. The molecule has 0 aliphatic heterocycles. The number of carbonyl (C=O) groups is 1. The lowest BCUT2D eigenvalue weighted by molar-refractivity contribution is -0.484. The lowest BCUT2D eigenvalue weighted by Crippen LogP contribution is -2.79. The van der Waals surface area contributed by atoms with E-state index < -0.39 is 110 Å². The van der Waals surface area contributed by atoms with Crippen LogP contribution >= 0.6 is 0 Å². The number of hydrogen-bond acceptors (Lipinski definition) is 22. The standard InChI is InChI=1S/C54H81F27O22/c55-42(56,43(57,58)44(59,60)45(61,62)46(63,64)47(65,66)48(67,68)49(69,70)50(71,72)51(73,74)52(75,76)53(77,78)54(79,80)81)41(83)103-40-39-102-38-37-101-36-35-100-34-33-99-32-31-98-30-29-97-28-27-96-26-25-95-24-23-94-22-21-93-20-19-92-18-17-91-16-15-90-14-13-89-12-11-88-10-9-87-8-7-86-6-5-85-4-3-84-2-1-82/h82H,1-40H2. The third kappa shape index (κ3) is 31.4. The summed E-state index contributed by atoms with van der Waals surface area (Å²) < 4.78 is 474. The monoisotopic (exact) mass is 1590 g/mol. The Morgan fingerprint density at radius 1 is 0.175 bits per heavy atom. The summed E-state index contributed by atoms with van der Waals surface area (Å²) in [6.07, 6.45) is -8.30. The van der Waals surface area contributed by atoms with Gasteiger partial charge in [0.15, 0.2) is 0 Å². The van der Waals surface area contributed by atoms with Gasteiger partial charge in [0.05, 0.1) is 258 Å². The van der Waals surface area contributed by atoms with Gasteiger partial charge in [-0.05, 0) is 0 Å². The van der Waals surface area contributed by atoms with E-state index in [0.29, 0.717) is 165 Å². The van der Waals surface area contributed by atoms with Crippen molar-refractivity contribution in [3.8, 4) is 0 Å². The van der Waals surface area contributed by atoms with Crippen molar-refractivity contribution in [3.05, 3.63) is 0 Å². The maximum Gasteiger partial charge on any atom is 0.460 e. The molecule has 0 spiro atoms. The predicted molar refractivity (Wildman–Crippen MR) is 289 cm³/mol. The zero-order valence-electron chi connectivity index (χ0n) is 54.5. The van der Waals surface area contributed by atoms with E-state index in [1.54, 1.807) is 0 Å². The van der Waals surface area contributed by atoms with Gasteiger partial charge in [-0.25, -0.2) is 4.79 Å². The number of aliphatic hydroxyl groups excluding tert-OH is 1. The molecule has 22 nitrogen and oxygen atoms in total. The van der Waals surface area contributed by atoms with Gasteiger partial charge in [0.25, 0.3) is 0 Å². The summed E-state index contributed by atoms with van der Waals surface area (Å²) in [5.74, 6) is -116. The minimum Gasteiger partial charge on any atom is -0.459 e. The summed E-state index contributed by atoms with van der Waals surface area (Å²) in [5.41, 5.74) is 0. The van der Waals surface area contributed by atoms with Crippen molar-refractivity contribution in [1.29, 1.82) is 0 Å². The van der Waals surface area contributed by atoms with Crippen LogP contribution in [0.2, 0.25) is 0 Å². The fraction of sp³-hybridized carbons (Fsp3) is 0.981. The highest BCUT2D eigenvalue weighted by molar-refractivity contribution is 5.79. The van der Waals surface area contributed by atoms with Gasteiger partial charge in [-0.1, -0.05) is 0 Å². The summed E-state index contributed by atoms with van der Waals surface area (Å²) in [5, 5.41) is 8.60. The number of hydrogen-bond donors (Lipinski definition) is 1. The molecule has 0 rings (SSSR count). The van der Waals surface area contributed by atoms with Crippen molar-refractivity contribution in [2.75, 3.05) is 264 Å². The summed E-state index contributed by atoms with van der Waals surface area (Å²) in [6, 6.07) is 0. The highest BCUT2D eigenvalue weighted by atomic mass is 19.4. The molecule has 0 fully saturated rings. The summed E-state index contributed by atoms with van der Waals surface area (Å²) in [6.45, 7) is 6.91. The zero-order chi connectivity index (χ0) is 78.5. The van der Waals surface area contributed by atoms with Gasteiger partial charge in [0, 0.05) is 0 Å². The van der Waals surface area contributed by atoms with Gasteiger partial charge in [-0.3, -0.25) is 0 Å². The molecule has 618 valence electrons. The number of rotatable bonds is 71. The van der Waals surface area contributed by atoms with Crippen molar-refractivity contribution >= 4 is 5.97 Å². The number of ether oxygens (including phenoxy) is 20. The Morgan fingerprint density at radius 2 is 0.291 bits per heavy atom. The van der Waals surface area contributed by atoms with E-state index >= 15 is 0 Å². The first-order valence-electron chi connectivity index (χ1n) is 30.3. The average molecular weight is 1600 g/mol. The highest BCUT2D eigenvalue weighted by Crippen LogP contribution is 2.68. The molecule has 0 unspecified atom stereocenters. The second-order valence-corrected chi connectivity index (χ2v) is 19.9. The van der Waals surface area contributed by atoms with Crippen molar-refractivity contribution in [1.82, 2.24) is 0 Å². The SMILES string of the molecule is O=C(OCCOCCOCCOCCOCCOCCOCCOCCOCCOCCOCCOCCOCCOCCOCCOCCOCCOCCOCCOCCO)C(F)(F)C(F)(F)C(F)(F)C(F)(F)C(F)(F)C(F)(F)C(F)(F)C(F)(F)C(F)(F)C(F)(F)C(F)(F)C(F)(F)C(F)(F)F. The summed E-state index contributed by atoms with van der Waals surface area (Å²) in [7, 11) is 0. The normalized spacial score (nSPS) is 14.0. The minimum atomic E-state index is -9.90. The fourth-order valence-electron chi connectivity index (χ4n) is 6.69. The van der Waals surface area contributed by atoms with Crippen LogP contribution in [0.3, 0.4) is 0 Å². The van der Waals surface area contributed by atoms with Crippen LogP contribution in [0, 0.1) is 0 Å². The van der Waals surface area contributed by atoms with Gasteiger partial charge in [0.2, 0.25) is 0 Å². The second-order valence-electron chi connectivity index (χ2n) is 19.9. The molecule has 0 saturated heterocycles. The van der Waals surface area contributed by atoms with Gasteiger partial charge < -0.3 is 99.8 Å². The Labute approximate surface area is 570 Å². The van der Waals surface area contributed by atoms with E-state index in [9.17, 15) is 123 Å². The molecule has 0 radical (unpaired) electrons. The second kappa shape index (κ2) is 49.8. The highest BCUT2D eigenvalue weighted by Gasteiger charge is 3.00. The summed E-state index contributed by atoms with van der Waals surface area (Å²) in [4.78, 5) is 11.5. The first-order valence-corrected chi connectivity index (χ1v) is 30.3. The zero-order valence-corrected chi connectivity index (χ0v) is 54.5. The molecule has 0 aromatic heterocycles. The van der Waals surface area contributed by atoms with Crippen molar-refractivity contribution in [2.45, 2.75) is 77.2 Å². The molecular formula is C54H81F27O22. The van der Waals surface area contributed by atoms with Crippen LogP contribution in [-0.4, -0.2) is 353 Å². The lowest BCUT2D eigenvalue weighted by atomic mass is 9.84. The number of halogens is 27. The molecule has 0 aliphatic carbocycles. The summed E-state index contributed by atoms with van der Waals surface area (Å²) >= 11 is 0. The van der Waals surface area contributed by atoms with Crippen molar-refractivity contribution in [2.24, 2.45) is 0 Å². The van der Waals surface area contributed by atoms with Crippen LogP contribution in [-0.2, 0) is 99.5 Å². The molecular weight excluding hydrogens is 1510 g/mol. The average Bonchev–Trinajstić information content (AvgIpc) is 0.685. The molecule has 49 heteroatoms. The molecule has 0 saturated carbocycles. The van der Waals surface area contributed by atoms with E-state index in [-0.39, 0.29) is 72.7 Å².